The number of aryl methyl sites for hydroxylation is 2. The maximum absolute atomic E-state index is 2.34. The van der Waals surface area contributed by atoms with E-state index >= 15 is 0 Å². The topological polar surface area (TPSA) is 0 Å². The molecule has 8 aromatic carbocycles. The molecule has 0 amide bonds. The van der Waals surface area contributed by atoms with Crippen LogP contribution in [-0.2, 0) is 12.8 Å². The van der Waals surface area contributed by atoms with Crippen LogP contribution in [0, 0.1) is 0 Å². The average molecular weight is 625 g/mol. The summed E-state index contributed by atoms with van der Waals surface area (Å²) in [6.07, 6.45) is 2.22. The molecule has 0 bridgehead atoms. The van der Waals surface area contributed by atoms with Gasteiger partial charge in [-0.05, 0) is 123 Å². The minimum atomic E-state index is 1.11. The van der Waals surface area contributed by atoms with Crippen molar-refractivity contribution in [2.24, 2.45) is 0 Å². The molecule has 0 saturated carbocycles. The van der Waals surface area contributed by atoms with Gasteiger partial charge in [0.05, 0.1) is 0 Å². The first-order chi connectivity index (χ1) is 22.7. The molecule has 46 heavy (non-hydrogen) atoms. The Kier molecular flexibility index (Phi) is 6.55. The molecule has 0 nitrogen and oxygen atoms in total. The van der Waals surface area contributed by atoms with Crippen molar-refractivity contribution in [1.29, 1.82) is 0 Å². The zero-order valence-electron chi connectivity index (χ0n) is 25.9. The van der Waals surface area contributed by atoms with E-state index in [2.05, 4.69) is 146 Å². The van der Waals surface area contributed by atoms with Gasteiger partial charge in [-0.25, -0.2) is 0 Å². The molecule has 0 saturated heterocycles. The highest BCUT2D eigenvalue weighted by Gasteiger charge is 2.14. The SMILES string of the molecule is CCc1cc(-c2ccc3ccc4cccc5ccc2c3c45)cs1.CCc1cc(-c2ccc3ccc4cccc5ccc2c3c45)cs1. The van der Waals surface area contributed by atoms with E-state index in [0.29, 0.717) is 0 Å². The normalized spacial score (nSPS) is 11.9. The summed E-state index contributed by atoms with van der Waals surface area (Å²) in [5.74, 6) is 0. The smallest absolute Gasteiger partial charge is 0.00488 e. The summed E-state index contributed by atoms with van der Waals surface area (Å²) in [6.45, 7) is 4.44. The molecule has 0 N–H and O–H groups in total. The Labute approximate surface area is 276 Å². The lowest BCUT2D eigenvalue weighted by molar-refractivity contribution is 1.19. The van der Waals surface area contributed by atoms with Crippen LogP contribution in [0.15, 0.2) is 132 Å². The second kappa shape index (κ2) is 10.9. The molecule has 220 valence electrons. The molecule has 10 aromatic rings. The van der Waals surface area contributed by atoms with Crippen molar-refractivity contribution in [2.45, 2.75) is 26.7 Å². The lowest BCUT2D eigenvalue weighted by atomic mass is 9.90. The van der Waals surface area contributed by atoms with Gasteiger partial charge in [0.1, 0.15) is 0 Å². The number of benzene rings is 8. The molecule has 0 aliphatic carbocycles. The van der Waals surface area contributed by atoms with E-state index in [-0.39, 0.29) is 0 Å². The average Bonchev–Trinajstić information content (AvgIpc) is 3.80. The Morgan fingerprint density at radius 1 is 0.391 bits per heavy atom. The molecule has 0 radical (unpaired) electrons. The Morgan fingerprint density at radius 2 is 0.739 bits per heavy atom. The standard InChI is InChI=1S/2C22H16S/c2*1-2-18-12-17(13-23-18)19-10-8-16-7-6-14-4-3-5-15-9-11-20(19)22(16)21(14)15/h2*3-13H,2H2,1H3. The van der Waals surface area contributed by atoms with Gasteiger partial charge < -0.3 is 0 Å². The number of rotatable bonds is 4. The third-order valence-corrected chi connectivity index (χ3v) is 11.8. The van der Waals surface area contributed by atoms with Crippen molar-refractivity contribution in [1.82, 2.24) is 0 Å². The van der Waals surface area contributed by atoms with Crippen molar-refractivity contribution in [3.8, 4) is 22.3 Å². The number of hydrogen-bond donors (Lipinski definition) is 0. The summed E-state index contributed by atoms with van der Waals surface area (Å²) < 4.78 is 0. The summed E-state index contributed by atoms with van der Waals surface area (Å²) in [5, 5.41) is 20.9. The predicted octanol–water partition coefficient (Wildman–Crippen LogP) is 13.7. The molecule has 2 heteroatoms. The molecule has 2 aromatic heterocycles. The summed E-state index contributed by atoms with van der Waals surface area (Å²) in [4.78, 5) is 2.90. The Balaban J connectivity index is 0.000000127. The van der Waals surface area contributed by atoms with Crippen molar-refractivity contribution >= 4 is 87.3 Å². The molecule has 0 fully saturated rings. The van der Waals surface area contributed by atoms with E-state index in [4.69, 9.17) is 0 Å². The molecule has 0 unspecified atom stereocenters. The van der Waals surface area contributed by atoms with Crippen molar-refractivity contribution in [2.75, 3.05) is 0 Å². The van der Waals surface area contributed by atoms with Crippen LogP contribution in [0.1, 0.15) is 23.6 Å². The van der Waals surface area contributed by atoms with Gasteiger partial charge in [0.15, 0.2) is 0 Å². The van der Waals surface area contributed by atoms with Gasteiger partial charge in [0, 0.05) is 9.75 Å². The first-order valence-electron chi connectivity index (χ1n) is 16.2. The van der Waals surface area contributed by atoms with Gasteiger partial charge in [-0.2, -0.15) is 0 Å². The Morgan fingerprint density at radius 3 is 1.11 bits per heavy atom. The van der Waals surface area contributed by atoms with Gasteiger partial charge in [-0.1, -0.05) is 123 Å². The fraction of sp³-hybridized carbons (Fsp3) is 0.0909. The van der Waals surface area contributed by atoms with E-state index in [1.54, 1.807) is 0 Å². The van der Waals surface area contributed by atoms with Crippen LogP contribution in [0.25, 0.3) is 86.9 Å². The van der Waals surface area contributed by atoms with Gasteiger partial charge in [-0.15, -0.1) is 22.7 Å². The highest BCUT2D eigenvalue weighted by molar-refractivity contribution is 7.10. The van der Waals surface area contributed by atoms with Crippen LogP contribution in [0.5, 0.6) is 0 Å². The van der Waals surface area contributed by atoms with Crippen LogP contribution in [-0.4, -0.2) is 0 Å². The first kappa shape index (κ1) is 27.5. The molecule has 10 rings (SSSR count). The highest BCUT2D eigenvalue weighted by Crippen LogP contribution is 2.41. The van der Waals surface area contributed by atoms with E-state index in [1.165, 1.54) is 96.6 Å². The van der Waals surface area contributed by atoms with Gasteiger partial charge in [-0.3, -0.25) is 0 Å². The van der Waals surface area contributed by atoms with Gasteiger partial charge >= 0.3 is 0 Å². The summed E-state index contributed by atoms with van der Waals surface area (Å²) >= 11 is 3.73. The lowest BCUT2D eigenvalue weighted by Crippen LogP contribution is -1.86. The first-order valence-corrected chi connectivity index (χ1v) is 17.9. The van der Waals surface area contributed by atoms with Gasteiger partial charge in [0.2, 0.25) is 0 Å². The van der Waals surface area contributed by atoms with E-state index in [1.807, 2.05) is 22.7 Å². The minimum absolute atomic E-state index is 1.11. The monoisotopic (exact) mass is 624 g/mol. The lowest BCUT2D eigenvalue weighted by Gasteiger charge is -2.13. The maximum Gasteiger partial charge on any atom is 0.00488 e. The van der Waals surface area contributed by atoms with Crippen LogP contribution in [0.2, 0.25) is 0 Å². The molecule has 0 aliphatic heterocycles. The van der Waals surface area contributed by atoms with Crippen LogP contribution in [0.4, 0.5) is 0 Å². The van der Waals surface area contributed by atoms with Crippen LogP contribution in [0.3, 0.4) is 0 Å². The molecule has 0 spiro atoms. The fourth-order valence-corrected chi connectivity index (χ4v) is 9.06. The second-order valence-corrected chi connectivity index (χ2v) is 14.2. The molecule has 0 atom stereocenters. The number of thiophene rings is 2. The van der Waals surface area contributed by atoms with Crippen molar-refractivity contribution < 1.29 is 0 Å². The van der Waals surface area contributed by atoms with Crippen molar-refractivity contribution in [3.63, 3.8) is 0 Å². The van der Waals surface area contributed by atoms with E-state index in [9.17, 15) is 0 Å². The maximum atomic E-state index is 2.34. The molecular formula is C44H32S2. The highest BCUT2D eigenvalue weighted by atomic mass is 32.1. The Bertz CT molecular complexity index is 2450. The Hall–Kier alpha value is -4.76. The van der Waals surface area contributed by atoms with Crippen LogP contribution >= 0.6 is 22.7 Å². The third-order valence-electron chi connectivity index (χ3n) is 9.68. The molecule has 0 aliphatic rings. The third kappa shape index (κ3) is 4.32. The minimum Gasteiger partial charge on any atom is -0.148 e. The van der Waals surface area contributed by atoms with E-state index in [0.717, 1.165) is 12.8 Å². The second-order valence-electron chi connectivity index (χ2n) is 12.2. The summed E-state index contributed by atoms with van der Waals surface area (Å²) in [5.41, 5.74) is 5.41. The van der Waals surface area contributed by atoms with Crippen molar-refractivity contribution in [3.05, 3.63) is 142 Å². The number of hydrogen-bond acceptors (Lipinski definition) is 2. The van der Waals surface area contributed by atoms with Gasteiger partial charge in [0.25, 0.3) is 0 Å². The zero-order chi connectivity index (χ0) is 30.8. The molecule has 2 heterocycles. The largest absolute Gasteiger partial charge is 0.148 e. The summed E-state index contributed by atoms with van der Waals surface area (Å²) in [7, 11) is 0. The quantitative estimate of drug-likeness (QED) is 0.171. The fourth-order valence-electron chi connectivity index (χ4n) is 7.39. The van der Waals surface area contributed by atoms with Crippen LogP contribution < -0.4 is 0 Å². The molecular weight excluding hydrogens is 593 g/mol. The summed E-state index contributed by atoms with van der Waals surface area (Å²) in [6, 6.07) is 45.0. The zero-order valence-corrected chi connectivity index (χ0v) is 27.6. The van der Waals surface area contributed by atoms with E-state index < -0.39 is 0 Å². The predicted molar refractivity (Wildman–Crippen MR) is 206 cm³/mol.